The number of nitrogens with one attached hydrogen (secondary N) is 1. The predicted molar refractivity (Wildman–Crippen MR) is 66.0 cm³/mol. The molecule has 0 unspecified atom stereocenters. The highest BCUT2D eigenvalue weighted by atomic mass is 16.5. The molecule has 1 aromatic heterocycles. The Morgan fingerprint density at radius 3 is 2.82 bits per heavy atom. The summed E-state index contributed by atoms with van der Waals surface area (Å²) in [6, 6.07) is 0. The van der Waals surface area contributed by atoms with Crippen molar-refractivity contribution in [3.05, 3.63) is 16.8 Å². The third-order valence-electron chi connectivity index (χ3n) is 2.34. The van der Waals surface area contributed by atoms with Gasteiger partial charge in [0.15, 0.2) is 0 Å². The molecule has 98 valence electrons. The summed E-state index contributed by atoms with van der Waals surface area (Å²) in [6.07, 6.45) is 2.80. The van der Waals surface area contributed by atoms with Gasteiger partial charge in [0.25, 0.3) is 0 Å². The summed E-state index contributed by atoms with van der Waals surface area (Å²) in [5.74, 6) is 0. The van der Waals surface area contributed by atoms with Crippen LogP contribution in [0.1, 0.15) is 20.3 Å². The molecule has 0 saturated carbocycles. The molecule has 0 aliphatic heterocycles. The highest BCUT2D eigenvalue weighted by Crippen LogP contribution is 1.88. The lowest BCUT2D eigenvalue weighted by Crippen LogP contribution is -2.29. The SMILES string of the molecule is CC(C)OCCCNCCn1ncn(C)c1=O. The summed E-state index contributed by atoms with van der Waals surface area (Å²) in [7, 11) is 1.70. The molecule has 1 N–H and O–H groups in total. The fraction of sp³-hybridized carbons (Fsp3) is 0.818. The van der Waals surface area contributed by atoms with Crippen molar-refractivity contribution in [1.82, 2.24) is 19.7 Å². The summed E-state index contributed by atoms with van der Waals surface area (Å²) < 4.78 is 8.34. The predicted octanol–water partition coefficient (Wildman–Crippen LogP) is -0.0135. The van der Waals surface area contributed by atoms with Crippen LogP contribution in [0.5, 0.6) is 0 Å². The quantitative estimate of drug-likeness (QED) is 0.651. The fourth-order valence-corrected chi connectivity index (χ4v) is 1.40. The highest BCUT2D eigenvalue weighted by molar-refractivity contribution is 4.65. The minimum Gasteiger partial charge on any atom is -0.379 e. The molecule has 1 heterocycles. The molecule has 0 amide bonds. The van der Waals surface area contributed by atoms with Crippen LogP contribution >= 0.6 is 0 Å². The first-order valence-electron chi connectivity index (χ1n) is 6.02. The molecule has 6 heteroatoms. The second kappa shape index (κ2) is 7.24. The van der Waals surface area contributed by atoms with E-state index in [0.29, 0.717) is 12.6 Å². The van der Waals surface area contributed by atoms with Crippen LogP contribution in [0.2, 0.25) is 0 Å². The summed E-state index contributed by atoms with van der Waals surface area (Å²) in [5.41, 5.74) is -0.0741. The molecule has 0 atom stereocenters. The summed E-state index contributed by atoms with van der Waals surface area (Å²) in [4.78, 5) is 11.4. The van der Waals surface area contributed by atoms with E-state index in [4.69, 9.17) is 4.74 Å². The van der Waals surface area contributed by atoms with Crippen LogP contribution in [0.4, 0.5) is 0 Å². The van der Waals surface area contributed by atoms with Gasteiger partial charge in [0, 0.05) is 20.2 Å². The third kappa shape index (κ3) is 5.14. The van der Waals surface area contributed by atoms with Gasteiger partial charge in [-0.3, -0.25) is 4.57 Å². The van der Waals surface area contributed by atoms with Crippen molar-refractivity contribution in [2.75, 3.05) is 19.7 Å². The minimum atomic E-state index is -0.0741. The lowest BCUT2D eigenvalue weighted by Gasteiger charge is -2.07. The topological polar surface area (TPSA) is 61.1 Å². The van der Waals surface area contributed by atoms with E-state index in [-0.39, 0.29) is 5.69 Å². The Morgan fingerprint density at radius 2 is 2.24 bits per heavy atom. The largest absolute Gasteiger partial charge is 0.379 e. The Balaban J connectivity index is 2.05. The summed E-state index contributed by atoms with van der Waals surface area (Å²) in [5, 5.41) is 7.23. The zero-order chi connectivity index (χ0) is 12.7. The van der Waals surface area contributed by atoms with Crippen LogP contribution in [-0.4, -0.2) is 40.1 Å². The monoisotopic (exact) mass is 242 g/mol. The van der Waals surface area contributed by atoms with E-state index in [0.717, 1.165) is 26.1 Å². The van der Waals surface area contributed by atoms with Gasteiger partial charge >= 0.3 is 5.69 Å². The van der Waals surface area contributed by atoms with E-state index in [1.807, 2.05) is 13.8 Å². The first kappa shape index (κ1) is 13.9. The van der Waals surface area contributed by atoms with Crippen molar-refractivity contribution in [2.45, 2.75) is 32.9 Å². The van der Waals surface area contributed by atoms with E-state index >= 15 is 0 Å². The van der Waals surface area contributed by atoms with Crippen LogP contribution in [0, 0.1) is 0 Å². The van der Waals surface area contributed by atoms with Crippen molar-refractivity contribution in [2.24, 2.45) is 7.05 Å². The lowest BCUT2D eigenvalue weighted by molar-refractivity contribution is 0.0771. The Kier molecular flexibility index (Phi) is 5.93. The van der Waals surface area contributed by atoms with Crippen molar-refractivity contribution in [3.63, 3.8) is 0 Å². The van der Waals surface area contributed by atoms with Crippen molar-refractivity contribution in [3.8, 4) is 0 Å². The lowest BCUT2D eigenvalue weighted by atomic mass is 10.4. The van der Waals surface area contributed by atoms with Crippen LogP contribution in [-0.2, 0) is 18.3 Å². The molecule has 0 radical (unpaired) electrons. The molecule has 0 saturated heterocycles. The van der Waals surface area contributed by atoms with Gasteiger partial charge in [0.05, 0.1) is 12.6 Å². The highest BCUT2D eigenvalue weighted by Gasteiger charge is 1.99. The molecular weight excluding hydrogens is 220 g/mol. The van der Waals surface area contributed by atoms with E-state index in [1.54, 1.807) is 7.05 Å². The summed E-state index contributed by atoms with van der Waals surface area (Å²) in [6.45, 7) is 7.08. The second-order valence-electron chi connectivity index (χ2n) is 4.27. The van der Waals surface area contributed by atoms with Crippen molar-refractivity contribution in [1.29, 1.82) is 0 Å². The van der Waals surface area contributed by atoms with Gasteiger partial charge in [0.2, 0.25) is 0 Å². The van der Waals surface area contributed by atoms with Crippen LogP contribution < -0.4 is 11.0 Å². The molecule has 0 aromatic carbocycles. The Hall–Kier alpha value is -1.14. The number of hydrogen-bond acceptors (Lipinski definition) is 4. The third-order valence-corrected chi connectivity index (χ3v) is 2.34. The molecule has 0 aliphatic carbocycles. The van der Waals surface area contributed by atoms with Crippen molar-refractivity contribution < 1.29 is 4.74 Å². The Morgan fingerprint density at radius 1 is 1.47 bits per heavy atom. The van der Waals surface area contributed by atoms with E-state index in [2.05, 4.69) is 10.4 Å². The van der Waals surface area contributed by atoms with Crippen LogP contribution in [0.25, 0.3) is 0 Å². The van der Waals surface area contributed by atoms with Gasteiger partial charge in [-0.1, -0.05) is 0 Å². The standard InChI is InChI=1S/C11H22N4O2/c1-10(2)17-8-4-5-12-6-7-15-11(16)14(3)9-13-15/h9-10,12H,4-8H2,1-3H3. The maximum Gasteiger partial charge on any atom is 0.345 e. The number of hydrogen-bond donors (Lipinski definition) is 1. The molecule has 0 fully saturated rings. The van der Waals surface area contributed by atoms with Gasteiger partial charge < -0.3 is 10.1 Å². The molecule has 17 heavy (non-hydrogen) atoms. The van der Waals surface area contributed by atoms with Gasteiger partial charge in [-0.15, -0.1) is 0 Å². The van der Waals surface area contributed by atoms with Crippen molar-refractivity contribution >= 4 is 0 Å². The maximum atomic E-state index is 11.4. The van der Waals surface area contributed by atoms with Gasteiger partial charge in [-0.25, -0.2) is 9.48 Å². The molecular formula is C11H22N4O2. The number of aromatic nitrogens is 3. The average molecular weight is 242 g/mol. The zero-order valence-corrected chi connectivity index (χ0v) is 10.8. The molecule has 0 aliphatic rings. The molecule has 0 spiro atoms. The normalized spacial score (nSPS) is 11.3. The maximum absolute atomic E-state index is 11.4. The molecule has 6 nitrogen and oxygen atoms in total. The van der Waals surface area contributed by atoms with Crippen LogP contribution in [0.15, 0.2) is 11.1 Å². The Labute approximate surface area is 102 Å². The smallest absolute Gasteiger partial charge is 0.345 e. The van der Waals surface area contributed by atoms with Gasteiger partial charge in [-0.05, 0) is 26.8 Å². The second-order valence-corrected chi connectivity index (χ2v) is 4.27. The first-order valence-corrected chi connectivity index (χ1v) is 6.02. The van der Waals surface area contributed by atoms with E-state index < -0.39 is 0 Å². The number of ether oxygens (including phenoxy) is 1. The Bertz CT molecular complexity index is 370. The van der Waals surface area contributed by atoms with E-state index in [1.165, 1.54) is 15.6 Å². The average Bonchev–Trinajstić information content (AvgIpc) is 2.59. The first-order chi connectivity index (χ1) is 8.11. The number of rotatable bonds is 8. The molecule has 0 bridgehead atoms. The van der Waals surface area contributed by atoms with Gasteiger partial charge in [-0.2, -0.15) is 5.10 Å². The van der Waals surface area contributed by atoms with Gasteiger partial charge in [0.1, 0.15) is 6.33 Å². The fourth-order valence-electron chi connectivity index (χ4n) is 1.40. The molecule has 1 aromatic rings. The van der Waals surface area contributed by atoms with E-state index in [9.17, 15) is 4.79 Å². The zero-order valence-electron chi connectivity index (χ0n) is 10.8. The number of aryl methyl sites for hydroxylation is 1. The molecule has 1 rings (SSSR count). The van der Waals surface area contributed by atoms with Crippen LogP contribution in [0.3, 0.4) is 0 Å². The minimum absolute atomic E-state index is 0.0741. The summed E-state index contributed by atoms with van der Waals surface area (Å²) >= 11 is 0. The number of nitrogens with zero attached hydrogens (tertiary/aromatic N) is 3.